The first-order valence-electron chi connectivity index (χ1n) is 10.9. The van der Waals surface area contributed by atoms with Gasteiger partial charge in [0.05, 0.1) is 6.54 Å². The molecule has 0 saturated carbocycles. The standard InChI is InChI=1S/C28H29NO.ClH/c30-28(26-14-6-2-7-15-26,20-8-11-23-29-21-9-3-10-22-29)27-18-16-25(17-19-27)24-12-4-1-5-13-24;/h1-2,4-7,12-19,30H,3,9-10,20-23H2;1H. The molecule has 3 aromatic rings. The molecule has 0 spiro atoms. The summed E-state index contributed by atoms with van der Waals surface area (Å²) in [5, 5.41) is 11.7. The molecule has 0 radical (unpaired) electrons. The number of hydrogen-bond donors (Lipinski definition) is 1. The molecule has 1 aliphatic heterocycles. The molecule has 1 heterocycles. The molecule has 1 atom stereocenters. The topological polar surface area (TPSA) is 23.5 Å². The second-order valence-electron chi connectivity index (χ2n) is 8.04. The first-order valence-corrected chi connectivity index (χ1v) is 10.9. The van der Waals surface area contributed by atoms with Gasteiger partial charge in [-0.15, -0.1) is 12.4 Å². The van der Waals surface area contributed by atoms with Crippen LogP contribution in [-0.4, -0.2) is 29.6 Å². The molecular formula is C28H30ClNO. The van der Waals surface area contributed by atoms with E-state index in [1.54, 1.807) is 0 Å². The predicted molar refractivity (Wildman–Crippen MR) is 131 cm³/mol. The maximum Gasteiger partial charge on any atom is 0.125 e. The van der Waals surface area contributed by atoms with Crippen molar-refractivity contribution in [3.63, 3.8) is 0 Å². The molecule has 0 bridgehead atoms. The SMILES string of the molecule is Cl.OC(CC#CCN1CCCCC1)(c1ccccc1)c1ccc(-c2ccccc2)cc1. The van der Waals surface area contributed by atoms with Gasteiger partial charge in [0.2, 0.25) is 0 Å². The average Bonchev–Trinajstić information content (AvgIpc) is 2.83. The van der Waals surface area contributed by atoms with Crippen LogP contribution in [0.25, 0.3) is 11.1 Å². The van der Waals surface area contributed by atoms with Crippen LogP contribution < -0.4 is 0 Å². The summed E-state index contributed by atoms with van der Waals surface area (Å²) < 4.78 is 0. The van der Waals surface area contributed by atoms with E-state index in [4.69, 9.17) is 0 Å². The van der Waals surface area contributed by atoms with Crippen molar-refractivity contribution in [1.82, 2.24) is 4.90 Å². The van der Waals surface area contributed by atoms with Crippen LogP contribution in [0, 0.1) is 11.8 Å². The van der Waals surface area contributed by atoms with Crippen LogP contribution in [0.4, 0.5) is 0 Å². The molecule has 1 aliphatic rings. The van der Waals surface area contributed by atoms with E-state index >= 15 is 0 Å². The molecule has 2 nitrogen and oxygen atoms in total. The Morgan fingerprint density at radius 2 is 1.23 bits per heavy atom. The first-order chi connectivity index (χ1) is 14.8. The van der Waals surface area contributed by atoms with Gasteiger partial charge in [-0.2, -0.15) is 0 Å². The highest BCUT2D eigenvalue weighted by Gasteiger charge is 2.30. The lowest BCUT2D eigenvalue weighted by Gasteiger charge is -2.28. The van der Waals surface area contributed by atoms with Crippen molar-refractivity contribution in [3.8, 4) is 23.0 Å². The van der Waals surface area contributed by atoms with Gasteiger partial charge in [0.25, 0.3) is 0 Å². The summed E-state index contributed by atoms with van der Waals surface area (Å²) in [7, 11) is 0. The van der Waals surface area contributed by atoms with Crippen molar-refractivity contribution in [2.45, 2.75) is 31.3 Å². The van der Waals surface area contributed by atoms with E-state index in [9.17, 15) is 5.11 Å². The highest BCUT2D eigenvalue weighted by molar-refractivity contribution is 5.85. The third-order valence-electron chi connectivity index (χ3n) is 5.94. The Morgan fingerprint density at radius 3 is 1.87 bits per heavy atom. The zero-order valence-corrected chi connectivity index (χ0v) is 18.7. The summed E-state index contributed by atoms with van der Waals surface area (Å²) in [6.07, 6.45) is 4.25. The Kier molecular flexibility index (Phi) is 8.32. The summed E-state index contributed by atoms with van der Waals surface area (Å²) in [5.74, 6) is 6.58. The van der Waals surface area contributed by atoms with Crippen LogP contribution in [0.2, 0.25) is 0 Å². The van der Waals surface area contributed by atoms with E-state index in [2.05, 4.69) is 41.0 Å². The van der Waals surface area contributed by atoms with Crippen molar-refractivity contribution in [2.75, 3.05) is 19.6 Å². The molecule has 1 fully saturated rings. The molecule has 1 N–H and O–H groups in total. The first kappa shape index (κ1) is 23.1. The molecule has 3 heteroatoms. The van der Waals surface area contributed by atoms with E-state index in [0.29, 0.717) is 6.42 Å². The third kappa shape index (κ3) is 5.77. The average molecular weight is 432 g/mol. The van der Waals surface area contributed by atoms with Crippen LogP contribution in [0.5, 0.6) is 0 Å². The van der Waals surface area contributed by atoms with Crippen LogP contribution in [0.15, 0.2) is 84.9 Å². The normalized spacial score (nSPS) is 15.8. The summed E-state index contributed by atoms with van der Waals surface area (Å²) in [4.78, 5) is 2.41. The molecular weight excluding hydrogens is 402 g/mol. The van der Waals surface area contributed by atoms with Crippen LogP contribution in [0.3, 0.4) is 0 Å². The van der Waals surface area contributed by atoms with E-state index in [0.717, 1.165) is 36.3 Å². The summed E-state index contributed by atoms with van der Waals surface area (Å²) in [5.41, 5.74) is 2.95. The van der Waals surface area contributed by atoms with Crippen LogP contribution in [0.1, 0.15) is 36.8 Å². The zero-order valence-electron chi connectivity index (χ0n) is 17.8. The molecule has 160 valence electrons. The van der Waals surface area contributed by atoms with Gasteiger partial charge in [-0.3, -0.25) is 4.90 Å². The molecule has 4 rings (SSSR count). The van der Waals surface area contributed by atoms with E-state index < -0.39 is 5.60 Å². The zero-order chi connectivity index (χ0) is 20.7. The summed E-state index contributed by atoms with van der Waals surface area (Å²) >= 11 is 0. The van der Waals surface area contributed by atoms with E-state index in [1.165, 1.54) is 24.8 Å². The van der Waals surface area contributed by atoms with Crippen molar-refractivity contribution >= 4 is 12.4 Å². The minimum atomic E-state index is -1.12. The number of nitrogens with zero attached hydrogens (tertiary/aromatic N) is 1. The maximum absolute atomic E-state index is 11.7. The van der Waals surface area contributed by atoms with Gasteiger partial charge >= 0.3 is 0 Å². The van der Waals surface area contributed by atoms with Gasteiger partial charge in [-0.05, 0) is 48.2 Å². The van der Waals surface area contributed by atoms with Gasteiger partial charge in [0.15, 0.2) is 0 Å². The van der Waals surface area contributed by atoms with E-state index in [-0.39, 0.29) is 12.4 Å². The fourth-order valence-electron chi connectivity index (χ4n) is 4.13. The Balaban J connectivity index is 0.00000272. The number of halogens is 1. The highest BCUT2D eigenvalue weighted by atomic mass is 35.5. The Bertz CT molecular complexity index is 986. The number of benzene rings is 3. The second-order valence-corrected chi connectivity index (χ2v) is 8.04. The lowest BCUT2D eigenvalue weighted by Crippen LogP contribution is -2.30. The van der Waals surface area contributed by atoms with E-state index in [1.807, 2.05) is 60.7 Å². The lowest BCUT2D eigenvalue weighted by atomic mass is 9.83. The number of hydrogen-bond acceptors (Lipinski definition) is 2. The highest BCUT2D eigenvalue weighted by Crippen LogP contribution is 2.34. The van der Waals surface area contributed by atoms with Crippen LogP contribution in [-0.2, 0) is 5.60 Å². The lowest BCUT2D eigenvalue weighted by molar-refractivity contribution is 0.0865. The molecule has 0 amide bonds. The molecule has 0 aliphatic carbocycles. The Hall–Kier alpha value is -2.57. The smallest absolute Gasteiger partial charge is 0.125 e. The molecule has 3 aromatic carbocycles. The number of piperidine rings is 1. The Morgan fingerprint density at radius 1 is 0.677 bits per heavy atom. The minimum absolute atomic E-state index is 0. The number of rotatable bonds is 5. The molecule has 0 aromatic heterocycles. The van der Waals surface area contributed by atoms with Crippen LogP contribution >= 0.6 is 12.4 Å². The third-order valence-corrected chi connectivity index (χ3v) is 5.94. The maximum atomic E-state index is 11.7. The van der Waals surface area contributed by atoms with Crippen molar-refractivity contribution < 1.29 is 5.11 Å². The van der Waals surface area contributed by atoms with Gasteiger partial charge in [-0.25, -0.2) is 0 Å². The minimum Gasteiger partial charge on any atom is -0.379 e. The quantitative estimate of drug-likeness (QED) is 0.509. The monoisotopic (exact) mass is 431 g/mol. The van der Waals surface area contributed by atoms with Gasteiger partial charge < -0.3 is 5.11 Å². The number of aliphatic hydroxyl groups is 1. The van der Waals surface area contributed by atoms with Gasteiger partial charge in [-0.1, -0.05) is 103 Å². The summed E-state index contributed by atoms with van der Waals surface area (Å²) in [6, 6.07) is 28.4. The fourth-order valence-corrected chi connectivity index (χ4v) is 4.13. The molecule has 1 saturated heterocycles. The van der Waals surface area contributed by atoms with Gasteiger partial charge in [0, 0.05) is 6.42 Å². The van der Waals surface area contributed by atoms with Crippen molar-refractivity contribution in [2.24, 2.45) is 0 Å². The predicted octanol–water partition coefficient (Wildman–Crippen LogP) is 5.89. The second kappa shape index (κ2) is 11.2. The van der Waals surface area contributed by atoms with Gasteiger partial charge in [0.1, 0.15) is 5.60 Å². The summed E-state index contributed by atoms with van der Waals surface area (Å²) in [6.45, 7) is 3.06. The molecule has 1 unspecified atom stereocenters. The van der Waals surface area contributed by atoms with Crippen molar-refractivity contribution in [3.05, 3.63) is 96.1 Å². The number of likely N-dealkylation sites (tertiary alicyclic amines) is 1. The largest absolute Gasteiger partial charge is 0.379 e. The Labute approximate surface area is 192 Å². The fraction of sp³-hybridized carbons (Fsp3) is 0.286. The molecule has 31 heavy (non-hydrogen) atoms. The van der Waals surface area contributed by atoms with Crippen molar-refractivity contribution in [1.29, 1.82) is 0 Å².